The summed E-state index contributed by atoms with van der Waals surface area (Å²) in [5.74, 6) is 0. The molecule has 0 saturated heterocycles. The van der Waals surface area contributed by atoms with Gasteiger partial charge in [-0.3, -0.25) is 0 Å². The summed E-state index contributed by atoms with van der Waals surface area (Å²) in [5, 5.41) is 0. The van der Waals surface area contributed by atoms with Crippen molar-refractivity contribution in [3.63, 3.8) is 0 Å². The van der Waals surface area contributed by atoms with Crippen LogP contribution in [0.4, 0.5) is 0 Å². The Bertz CT molecular complexity index is 88.2. The molecule has 0 heterocycles. The van der Waals surface area contributed by atoms with Crippen LogP contribution in [0.5, 0.6) is 0 Å². The second kappa shape index (κ2) is 3.41. The van der Waals surface area contributed by atoms with Crippen molar-refractivity contribution in [2.24, 2.45) is 5.41 Å². The summed E-state index contributed by atoms with van der Waals surface area (Å²) >= 11 is 0. The molecule has 0 aliphatic heterocycles. The first-order valence-electron chi connectivity index (χ1n) is 4.58. The first kappa shape index (κ1) is 8.10. The Morgan fingerprint density at radius 1 is 1.40 bits per heavy atom. The van der Waals surface area contributed by atoms with E-state index in [0.717, 1.165) is 0 Å². The number of rotatable bonds is 3. The van der Waals surface area contributed by atoms with Gasteiger partial charge >= 0.3 is 0 Å². The van der Waals surface area contributed by atoms with Gasteiger partial charge in [-0.2, -0.15) is 0 Å². The van der Waals surface area contributed by atoms with Crippen LogP contribution >= 0.6 is 0 Å². The molecule has 10 heavy (non-hydrogen) atoms. The van der Waals surface area contributed by atoms with E-state index >= 15 is 0 Å². The molecule has 1 unspecified atom stereocenters. The lowest BCUT2D eigenvalue weighted by Gasteiger charge is -2.25. The molecule has 1 aliphatic rings. The van der Waals surface area contributed by atoms with E-state index in [-0.39, 0.29) is 0 Å². The average molecular weight is 138 g/mol. The van der Waals surface area contributed by atoms with Crippen molar-refractivity contribution in [3.05, 3.63) is 6.42 Å². The van der Waals surface area contributed by atoms with Crippen LogP contribution in [-0.4, -0.2) is 0 Å². The highest BCUT2D eigenvalue weighted by molar-refractivity contribution is 4.96. The SMILES string of the molecule is CCCC1(CC)[C]CCC1. The topological polar surface area (TPSA) is 0 Å². The van der Waals surface area contributed by atoms with E-state index in [1.807, 2.05) is 0 Å². The van der Waals surface area contributed by atoms with Crippen molar-refractivity contribution in [2.75, 3.05) is 0 Å². The molecule has 0 amide bonds. The van der Waals surface area contributed by atoms with Crippen LogP contribution in [0.1, 0.15) is 52.4 Å². The fraction of sp³-hybridized carbons (Fsp3) is 0.900. The Morgan fingerprint density at radius 3 is 2.60 bits per heavy atom. The second-order valence-electron chi connectivity index (χ2n) is 3.41. The molecule has 0 spiro atoms. The molecule has 0 aromatic carbocycles. The van der Waals surface area contributed by atoms with Crippen molar-refractivity contribution in [1.82, 2.24) is 0 Å². The molecule has 1 atom stereocenters. The van der Waals surface area contributed by atoms with Crippen LogP contribution in [0.15, 0.2) is 0 Å². The molecule has 1 rings (SSSR count). The van der Waals surface area contributed by atoms with Crippen LogP contribution < -0.4 is 0 Å². The van der Waals surface area contributed by atoms with Crippen molar-refractivity contribution in [3.8, 4) is 0 Å². The van der Waals surface area contributed by atoms with Crippen molar-refractivity contribution in [1.29, 1.82) is 0 Å². The maximum Gasteiger partial charge on any atom is -0.0106 e. The molecule has 0 aromatic rings. The van der Waals surface area contributed by atoms with Gasteiger partial charge in [0.2, 0.25) is 0 Å². The molecule has 1 fully saturated rings. The summed E-state index contributed by atoms with van der Waals surface area (Å²) in [7, 11) is 0. The summed E-state index contributed by atoms with van der Waals surface area (Å²) in [5.41, 5.74) is 0.536. The molecular weight excluding hydrogens is 120 g/mol. The lowest BCUT2D eigenvalue weighted by molar-refractivity contribution is 0.314. The zero-order valence-corrected chi connectivity index (χ0v) is 7.24. The second-order valence-corrected chi connectivity index (χ2v) is 3.41. The first-order valence-corrected chi connectivity index (χ1v) is 4.58. The van der Waals surface area contributed by atoms with Gasteiger partial charge in [-0.15, -0.1) is 0 Å². The Hall–Kier alpha value is 0. The lowest BCUT2D eigenvalue weighted by atomic mass is 9.79. The predicted octanol–water partition coefficient (Wildman–Crippen LogP) is 3.45. The van der Waals surface area contributed by atoms with Gasteiger partial charge in [0.05, 0.1) is 0 Å². The van der Waals surface area contributed by atoms with Gasteiger partial charge in [0, 0.05) is 0 Å². The van der Waals surface area contributed by atoms with Crippen molar-refractivity contribution >= 4 is 0 Å². The fourth-order valence-electron chi connectivity index (χ4n) is 2.04. The molecule has 0 bridgehead atoms. The summed E-state index contributed by atoms with van der Waals surface area (Å²) in [4.78, 5) is 0. The highest BCUT2D eigenvalue weighted by Gasteiger charge is 2.31. The highest BCUT2D eigenvalue weighted by Crippen LogP contribution is 2.43. The van der Waals surface area contributed by atoms with Gasteiger partial charge in [0.25, 0.3) is 0 Å². The highest BCUT2D eigenvalue weighted by atomic mass is 14.4. The summed E-state index contributed by atoms with van der Waals surface area (Å²) < 4.78 is 0. The first-order chi connectivity index (χ1) is 4.83. The third-order valence-electron chi connectivity index (χ3n) is 2.74. The molecule has 58 valence electrons. The minimum absolute atomic E-state index is 0.536. The van der Waals surface area contributed by atoms with E-state index in [0.29, 0.717) is 5.41 Å². The standard InChI is InChI=1S/C10H18/c1-3-7-10(4-2)8-5-6-9-10/h3-8H2,1-2H3. The fourth-order valence-corrected chi connectivity index (χ4v) is 2.04. The van der Waals surface area contributed by atoms with E-state index in [1.54, 1.807) is 0 Å². The minimum atomic E-state index is 0.536. The predicted molar refractivity (Wildman–Crippen MR) is 44.7 cm³/mol. The van der Waals surface area contributed by atoms with E-state index < -0.39 is 0 Å². The zero-order valence-electron chi connectivity index (χ0n) is 7.24. The quantitative estimate of drug-likeness (QED) is 0.560. The molecule has 0 heteroatoms. The van der Waals surface area contributed by atoms with Gasteiger partial charge in [-0.1, -0.05) is 26.7 Å². The smallest absolute Gasteiger partial charge is 0.0106 e. The molecule has 1 aliphatic carbocycles. The normalized spacial score (nSPS) is 23.4. The van der Waals surface area contributed by atoms with E-state index in [9.17, 15) is 0 Å². The van der Waals surface area contributed by atoms with Crippen LogP contribution in [-0.2, 0) is 0 Å². The molecule has 2 radical (unpaired) electrons. The third kappa shape index (κ3) is 1.53. The van der Waals surface area contributed by atoms with Crippen LogP contribution in [0.2, 0.25) is 0 Å². The third-order valence-corrected chi connectivity index (χ3v) is 2.74. The van der Waals surface area contributed by atoms with Gasteiger partial charge in [0.15, 0.2) is 0 Å². The van der Waals surface area contributed by atoms with Crippen LogP contribution in [0.3, 0.4) is 0 Å². The molecule has 1 saturated carbocycles. The Balaban J connectivity index is 2.41. The maximum atomic E-state index is 3.62. The Morgan fingerprint density at radius 2 is 2.20 bits per heavy atom. The molecule has 0 N–H and O–H groups in total. The minimum Gasteiger partial charge on any atom is -0.0654 e. The average Bonchev–Trinajstić information content (AvgIpc) is 2.39. The van der Waals surface area contributed by atoms with Gasteiger partial charge < -0.3 is 0 Å². The van der Waals surface area contributed by atoms with Crippen LogP contribution in [0.25, 0.3) is 0 Å². The number of hydrogen-bond donors (Lipinski definition) is 0. The lowest BCUT2D eigenvalue weighted by Crippen LogP contribution is -2.14. The van der Waals surface area contributed by atoms with Crippen molar-refractivity contribution < 1.29 is 0 Å². The van der Waals surface area contributed by atoms with E-state index in [1.165, 1.54) is 38.5 Å². The largest absolute Gasteiger partial charge is 0.0654 e. The van der Waals surface area contributed by atoms with E-state index in [4.69, 9.17) is 0 Å². The maximum absolute atomic E-state index is 3.62. The number of hydrogen-bond acceptors (Lipinski definition) is 0. The van der Waals surface area contributed by atoms with Gasteiger partial charge in [0.1, 0.15) is 0 Å². The molecular formula is C10H18. The Kier molecular flexibility index (Phi) is 2.76. The van der Waals surface area contributed by atoms with Gasteiger partial charge in [-0.05, 0) is 37.5 Å². The zero-order chi connectivity index (χ0) is 7.45. The monoisotopic (exact) mass is 138 g/mol. The van der Waals surface area contributed by atoms with Gasteiger partial charge in [-0.25, -0.2) is 0 Å². The van der Waals surface area contributed by atoms with E-state index in [2.05, 4.69) is 20.3 Å². The molecule has 0 aromatic heterocycles. The van der Waals surface area contributed by atoms with Crippen molar-refractivity contribution in [2.45, 2.75) is 52.4 Å². The van der Waals surface area contributed by atoms with Crippen LogP contribution in [0, 0.1) is 11.8 Å². The summed E-state index contributed by atoms with van der Waals surface area (Å²) in [6.45, 7) is 4.57. The Labute approximate surface area is 65.0 Å². The molecule has 0 nitrogen and oxygen atoms in total. The summed E-state index contributed by atoms with van der Waals surface area (Å²) in [6, 6.07) is 0. The summed E-state index contributed by atoms with van der Waals surface area (Å²) in [6.07, 6.45) is 11.6.